The van der Waals surface area contributed by atoms with Crippen LogP contribution in [-0.2, 0) is 35.2 Å². The molecule has 8 nitrogen and oxygen atoms in total. The van der Waals surface area contributed by atoms with E-state index in [1.54, 1.807) is 6.92 Å². The number of carboxylic acids is 1. The fraction of sp³-hybridized carbons (Fsp3) is 0.444. The molecule has 26 heavy (non-hydrogen) atoms. The molecule has 1 unspecified atom stereocenters. The second-order valence-electron chi connectivity index (χ2n) is 5.68. The van der Waals surface area contributed by atoms with E-state index in [1.165, 1.54) is 4.90 Å². The third kappa shape index (κ3) is 5.87. The molecule has 0 aromatic heterocycles. The third-order valence-electron chi connectivity index (χ3n) is 3.66. The minimum Gasteiger partial charge on any atom is -0.478 e. The Kier molecular flexibility index (Phi) is 7.77. The summed E-state index contributed by atoms with van der Waals surface area (Å²) in [5.41, 5.74) is 1.82. The van der Waals surface area contributed by atoms with Crippen LogP contribution in [0.15, 0.2) is 24.3 Å². The summed E-state index contributed by atoms with van der Waals surface area (Å²) >= 11 is 0. The Balaban J connectivity index is 3.14. The fourth-order valence-electron chi connectivity index (χ4n) is 2.36. The molecule has 0 heterocycles. The topological polar surface area (TPSA) is 110 Å². The summed E-state index contributed by atoms with van der Waals surface area (Å²) in [6.07, 6.45) is -3.69. The number of esters is 2. The van der Waals surface area contributed by atoms with Crippen molar-refractivity contribution >= 4 is 23.8 Å². The lowest BCUT2D eigenvalue weighted by Crippen LogP contribution is -2.51. The van der Waals surface area contributed by atoms with E-state index in [-0.39, 0.29) is 13.1 Å². The zero-order chi connectivity index (χ0) is 19.9. The molecule has 0 saturated heterocycles. The first kappa shape index (κ1) is 21.1. The number of amides is 1. The summed E-state index contributed by atoms with van der Waals surface area (Å²) in [6, 6.07) is 7.41. The average Bonchev–Trinajstić information content (AvgIpc) is 2.56. The number of nitrogens with zero attached hydrogens (tertiary/aromatic N) is 1. The summed E-state index contributed by atoms with van der Waals surface area (Å²) in [5, 5.41) is 9.30. The lowest BCUT2D eigenvalue weighted by molar-refractivity contribution is -0.183. The number of likely N-dealkylation sites (N-methyl/N-ethyl adjacent to an activating group) is 1. The van der Waals surface area contributed by atoms with Crippen molar-refractivity contribution in [3.05, 3.63) is 35.4 Å². The molecular weight excluding hydrogens is 342 g/mol. The largest absolute Gasteiger partial charge is 0.478 e. The van der Waals surface area contributed by atoms with Gasteiger partial charge in [0, 0.05) is 26.9 Å². The van der Waals surface area contributed by atoms with Gasteiger partial charge in [-0.2, -0.15) is 0 Å². The van der Waals surface area contributed by atoms with Crippen LogP contribution in [0.3, 0.4) is 0 Å². The average molecular weight is 365 g/mol. The number of carbonyl (C=O) groups excluding carboxylic acids is 3. The van der Waals surface area contributed by atoms with E-state index in [4.69, 9.17) is 9.47 Å². The zero-order valence-corrected chi connectivity index (χ0v) is 15.2. The highest BCUT2D eigenvalue weighted by molar-refractivity contribution is 5.91. The molecule has 8 heteroatoms. The van der Waals surface area contributed by atoms with Gasteiger partial charge in [-0.15, -0.1) is 0 Å². The monoisotopic (exact) mass is 365 g/mol. The van der Waals surface area contributed by atoms with Crippen LogP contribution in [-0.4, -0.2) is 52.6 Å². The van der Waals surface area contributed by atoms with Gasteiger partial charge in [-0.25, -0.2) is 4.79 Å². The fourth-order valence-corrected chi connectivity index (χ4v) is 2.36. The maximum absolute atomic E-state index is 12.8. The van der Waals surface area contributed by atoms with Crippen LogP contribution >= 0.6 is 0 Å². The maximum Gasteiger partial charge on any atom is 0.349 e. The Bertz CT molecular complexity index is 686. The highest BCUT2D eigenvalue weighted by Crippen LogP contribution is 2.15. The molecule has 142 valence electrons. The van der Waals surface area contributed by atoms with Crippen molar-refractivity contribution in [3.63, 3.8) is 0 Å². The lowest BCUT2D eigenvalue weighted by Gasteiger charge is -2.29. The zero-order valence-electron chi connectivity index (χ0n) is 15.2. The smallest absolute Gasteiger partial charge is 0.349 e. The van der Waals surface area contributed by atoms with Gasteiger partial charge in [-0.3, -0.25) is 14.4 Å². The number of benzene rings is 1. The van der Waals surface area contributed by atoms with Crippen molar-refractivity contribution in [2.45, 2.75) is 46.4 Å². The van der Waals surface area contributed by atoms with Crippen molar-refractivity contribution in [1.82, 2.24) is 4.90 Å². The number of ether oxygens (including phenoxy) is 2. The van der Waals surface area contributed by atoms with Crippen LogP contribution in [0.4, 0.5) is 0 Å². The third-order valence-corrected chi connectivity index (χ3v) is 3.66. The van der Waals surface area contributed by atoms with Gasteiger partial charge in [0.2, 0.25) is 12.2 Å². The Morgan fingerprint density at radius 2 is 1.58 bits per heavy atom. The summed E-state index contributed by atoms with van der Waals surface area (Å²) in [6.45, 7) is 6.10. The first-order chi connectivity index (χ1) is 12.2. The number of rotatable bonds is 8. The number of aliphatic carboxylic acids is 1. The number of hydrogen-bond acceptors (Lipinski definition) is 6. The second kappa shape index (κ2) is 9.55. The molecule has 0 spiro atoms. The maximum atomic E-state index is 12.8. The molecule has 1 amide bonds. The molecule has 0 bridgehead atoms. The van der Waals surface area contributed by atoms with E-state index in [9.17, 15) is 24.3 Å². The summed E-state index contributed by atoms with van der Waals surface area (Å²) in [7, 11) is 0. The minimum atomic E-state index is -1.92. The molecule has 0 saturated carbocycles. The van der Waals surface area contributed by atoms with Crippen molar-refractivity contribution in [1.29, 1.82) is 0 Å². The van der Waals surface area contributed by atoms with E-state index in [0.29, 0.717) is 0 Å². The number of carbonyl (C=O) groups is 4. The number of aryl methyl sites for hydroxylation is 1. The van der Waals surface area contributed by atoms with Gasteiger partial charge < -0.3 is 19.5 Å². The summed E-state index contributed by atoms with van der Waals surface area (Å²) in [4.78, 5) is 48.2. The van der Waals surface area contributed by atoms with Gasteiger partial charge in [-0.1, -0.05) is 24.3 Å². The van der Waals surface area contributed by atoms with E-state index in [2.05, 4.69) is 0 Å². The number of carboxylic acid groups (broad SMARTS) is 1. The standard InChI is InChI=1S/C18H23NO7/c1-5-19(10-14-9-7-6-8-11(14)2)17(22)15(25-12(3)20)16(18(23)24)26-13(4)21/h6-9,15-16H,5,10H2,1-4H3,(H,23,24)/t15?,16-/m1/s1. The van der Waals surface area contributed by atoms with Gasteiger partial charge in [0.15, 0.2) is 0 Å². The highest BCUT2D eigenvalue weighted by atomic mass is 16.6. The molecule has 0 aliphatic carbocycles. The Morgan fingerprint density at radius 3 is 2.04 bits per heavy atom. The van der Waals surface area contributed by atoms with Crippen LogP contribution in [0, 0.1) is 6.92 Å². The molecule has 0 radical (unpaired) electrons. The Hall–Kier alpha value is -2.90. The molecule has 0 aliphatic rings. The second-order valence-corrected chi connectivity index (χ2v) is 5.68. The first-order valence-corrected chi connectivity index (χ1v) is 8.07. The van der Waals surface area contributed by atoms with Crippen molar-refractivity contribution in [3.8, 4) is 0 Å². The molecule has 1 aromatic carbocycles. The van der Waals surface area contributed by atoms with Crippen LogP contribution in [0.2, 0.25) is 0 Å². The Morgan fingerprint density at radius 1 is 1.04 bits per heavy atom. The van der Waals surface area contributed by atoms with Gasteiger partial charge in [0.25, 0.3) is 5.91 Å². The first-order valence-electron chi connectivity index (χ1n) is 8.07. The molecule has 0 fully saturated rings. The van der Waals surface area contributed by atoms with Crippen LogP contribution in [0.5, 0.6) is 0 Å². The predicted molar refractivity (Wildman–Crippen MR) is 91.0 cm³/mol. The summed E-state index contributed by atoms with van der Waals surface area (Å²) < 4.78 is 9.60. The molecule has 1 N–H and O–H groups in total. The molecule has 1 rings (SSSR count). The van der Waals surface area contributed by atoms with E-state index < -0.39 is 36.0 Å². The lowest BCUT2D eigenvalue weighted by atomic mass is 10.1. The van der Waals surface area contributed by atoms with E-state index in [1.807, 2.05) is 31.2 Å². The number of hydrogen-bond donors (Lipinski definition) is 1. The van der Waals surface area contributed by atoms with E-state index >= 15 is 0 Å². The van der Waals surface area contributed by atoms with Crippen molar-refractivity contribution in [2.24, 2.45) is 0 Å². The van der Waals surface area contributed by atoms with Crippen LogP contribution in [0.1, 0.15) is 31.9 Å². The normalized spacial score (nSPS) is 12.6. The van der Waals surface area contributed by atoms with Gasteiger partial charge in [0.05, 0.1) is 0 Å². The van der Waals surface area contributed by atoms with Crippen LogP contribution in [0.25, 0.3) is 0 Å². The molecule has 0 aliphatic heterocycles. The van der Waals surface area contributed by atoms with Crippen molar-refractivity contribution < 1.29 is 33.8 Å². The van der Waals surface area contributed by atoms with Gasteiger partial charge in [0.1, 0.15) is 0 Å². The summed E-state index contributed by atoms with van der Waals surface area (Å²) in [5.74, 6) is -4.08. The quantitative estimate of drug-likeness (QED) is 0.691. The molecule has 1 aromatic rings. The Labute approximate surface area is 151 Å². The molecule has 2 atom stereocenters. The van der Waals surface area contributed by atoms with Crippen LogP contribution < -0.4 is 0 Å². The predicted octanol–water partition coefficient (Wildman–Crippen LogP) is 1.29. The van der Waals surface area contributed by atoms with Crippen molar-refractivity contribution in [2.75, 3.05) is 6.54 Å². The van der Waals surface area contributed by atoms with E-state index in [0.717, 1.165) is 25.0 Å². The molecular formula is C18H23NO7. The minimum absolute atomic E-state index is 0.201. The van der Waals surface area contributed by atoms with Gasteiger partial charge >= 0.3 is 17.9 Å². The SMILES string of the molecule is CCN(Cc1ccccc1C)C(=O)C(OC(C)=O)[C@@H](OC(C)=O)C(=O)O. The highest BCUT2D eigenvalue weighted by Gasteiger charge is 2.41. The van der Waals surface area contributed by atoms with Gasteiger partial charge in [-0.05, 0) is 25.0 Å².